The van der Waals surface area contributed by atoms with Crippen LogP contribution in [0.1, 0.15) is 18.5 Å². The van der Waals surface area contributed by atoms with Gasteiger partial charge in [-0.2, -0.15) is 0 Å². The Morgan fingerprint density at radius 3 is 2.45 bits per heavy atom. The van der Waals surface area contributed by atoms with Gasteiger partial charge in [0.25, 0.3) is 0 Å². The zero-order valence-corrected chi connectivity index (χ0v) is 18.6. The Morgan fingerprint density at radius 2 is 1.76 bits per heavy atom. The number of halogens is 2. The van der Waals surface area contributed by atoms with Crippen molar-refractivity contribution in [2.24, 2.45) is 11.7 Å². The van der Waals surface area contributed by atoms with Crippen LogP contribution in [0.2, 0.25) is 0 Å². The van der Waals surface area contributed by atoms with Crippen LogP contribution in [0, 0.1) is 5.92 Å². The molecule has 1 amide bonds. The van der Waals surface area contributed by atoms with Crippen molar-refractivity contribution in [1.82, 2.24) is 14.9 Å². The summed E-state index contributed by atoms with van der Waals surface area (Å²) < 4.78 is 0. The third-order valence-electron chi connectivity index (χ3n) is 5.24. The van der Waals surface area contributed by atoms with Crippen LogP contribution in [0.3, 0.4) is 0 Å². The van der Waals surface area contributed by atoms with Crippen molar-refractivity contribution < 1.29 is 4.79 Å². The number of fused-ring (bicyclic) bond motifs is 1. The van der Waals surface area contributed by atoms with E-state index in [0.29, 0.717) is 13.1 Å². The number of amides is 1. The summed E-state index contributed by atoms with van der Waals surface area (Å²) in [6, 6.07) is 11.6. The molecule has 2 aromatic heterocycles. The summed E-state index contributed by atoms with van der Waals surface area (Å²) in [5.74, 6) is 0.832. The van der Waals surface area contributed by atoms with Crippen LogP contribution >= 0.6 is 36.2 Å². The maximum atomic E-state index is 12.9. The van der Waals surface area contributed by atoms with Gasteiger partial charge in [0.05, 0.1) is 11.3 Å². The first-order valence-electron chi connectivity index (χ1n) is 9.17. The first kappa shape index (κ1) is 23.3. The van der Waals surface area contributed by atoms with E-state index in [2.05, 4.69) is 20.9 Å². The monoisotopic (exact) mass is 453 g/mol. The topological polar surface area (TPSA) is 75.4 Å². The van der Waals surface area contributed by atoms with Crippen molar-refractivity contribution in [2.45, 2.75) is 13.0 Å². The first-order valence-corrected chi connectivity index (χ1v) is 10.1. The minimum atomic E-state index is -0.288. The summed E-state index contributed by atoms with van der Waals surface area (Å²) in [4.78, 5) is 26.9. The minimum Gasteiger partial charge on any atom is -0.352 e. The summed E-state index contributed by atoms with van der Waals surface area (Å²) in [6.45, 7) is 4.81. The third-order valence-corrected chi connectivity index (χ3v) is 6.07. The number of hydrogen-bond acceptors (Lipinski definition) is 6. The SMILES string of the molecule is CC(C(=O)N1CCN(c2ncnc3sccc23)CC1)C(N)c1ccccc1.Cl.Cl. The molecule has 1 aliphatic heterocycles. The van der Waals surface area contributed by atoms with Gasteiger partial charge in [0.1, 0.15) is 17.0 Å². The number of piperazine rings is 1. The van der Waals surface area contributed by atoms with Crippen LogP contribution in [0.15, 0.2) is 48.1 Å². The fourth-order valence-electron chi connectivity index (χ4n) is 3.57. The number of nitrogens with two attached hydrogens (primary N) is 1. The fraction of sp³-hybridized carbons (Fsp3) is 0.350. The Labute approximate surface area is 186 Å². The third kappa shape index (κ3) is 4.80. The predicted molar refractivity (Wildman–Crippen MR) is 123 cm³/mol. The summed E-state index contributed by atoms with van der Waals surface area (Å²) >= 11 is 1.62. The van der Waals surface area contributed by atoms with E-state index in [4.69, 9.17) is 5.73 Å². The van der Waals surface area contributed by atoms with Gasteiger partial charge in [-0.05, 0) is 17.0 Å². The molecule has 0 spiro atoms. The zero-order chi connectivity index (χ0) is 18.8. The average molecular weight is 454 g/mol. The van der Waals surface area contributed by atoms with E-state index in [9.17, 15) is 4.79 Å². The molecule has 3 heterocycles. The van der Waals surface area contributed by atoms with Crippen molar-refractivity contribution in [2.75, 3.05) is 31.1 Å². The number of thiophene rings is 1. The molecule has 1 aromatic carbocycles. The fourth-order valence-corrected chi connectivity index (χ4v) is 4.30. The van der Waals surface area contributed by atoms with Gasteiger partial charge in [-0.3, -0.25) is 4.79 Å². The Bertz CT molecular complexity index is 931. The highest BCUT2D eigenvalue weighted by atomic mass is 35.5. The van der Waals surface area contributed by atoms with Crippen LogP contribution in [-0.2, 0) is 4.79 Å². The second-order valence-electron chi connectivity index (χ2n) is 6.87. The molecule has 6 nitrogen and oxygen atoms in total. The molecule has 156 valence electrons. The van der Waals surface area contributed by atoms with Gasteiger partial charge in [-0.15, -0.1) is 36.2 Å². The standard InChI is InChI=1S/C20H23N5OS.2ClH/c1-14(17(21)15-5-3-2-4-6-15)20(26)25-10-8-24(9-11-25)18-16-7-12-27-19(16)23-13-22-18;;/h2-7,12-14,17H,8-11,21H2,1H3;2*1H. The highest BCUT2D eigenvalue weighted by Crippen LogP contribution is 2.28. The van der Waals surface area contributed by atoms with E-state index < -0.39 is 0 Å². The molecule has 2 atom stereocenters. The van der Waals surface area contributed by atoms with Crippen molar-refractivity contribution in [3.05, 3.63) is 53.7 Å². The van der Waals surface area contributed by atoms with Crippen LogP contribution in [0.25, 0.3) is 10.2 Å². The smallest absolute Gasteiger partial charge is 0.227 e. The van der Waals surface area contributed by atoms with Crippen LogP contribution in [0.4, 0.5) is 5.82 Å². The maximum absolute atomic E-state index is 12.9. The van der Waals surface area contributed by atoms with Gasteiger partial charge in [0.2, 0.25) is 5.91 Å². The molecule has 9 heteroatoms. The molecule has 0 bridgehead atoms. The molecular weight excluding hydrogens is 429 g/mol. The largest absolute Gasteiger partial charge is 0.352 e. The van der Waals surface area contributed by atoms with Crippen molar-refractivity contribution >= 4 is 58.1 Å². The van der Waals surface area contributed by atoms with Gasteiger partial charge < -0.3 is 15.5 Å². The lowest BCUT2D eigenvalue weighted by Crippen LogP contribution is -2.51. The lowest BCUT2D eigenvalue weighted by molar-refractivity contribution is -0.136. The maximum Gasteiger partial charge on any atom is 0.227 e. The summed E-state index contributed by atoms with van der Waals surface area (Å²) in [5.41, 5.74) is 7.34. The van der Waals surface area contributed by atoms with Gasteiger partial charge >= 0.3 is 0 Å². The van der Waals surface area contributed by atoms with Crippen LogP contribution in [-0.4, -0.2) is 47.0 Å². The second-order valence-corrected chi connectivity index (χ2v) is 7.77. The number of carbonyl (C=O) groups is 1. The van der Waals surface area contributed by atoms with Crippen molar-refractivity contribution in [3.63, 3.8) is 0 Å². The summed E-state index contributed by atoms with van der Waals surface area (Å²) in [7, 11) is 0. The van der Waals surface area contributed by atoms with Gasteiger partial charge in [0.15, 0.2) is 0 Å². The lowest BCUT2D eigenvalue weighted by Gasteiger charge is -2.37. The molecule has 29 heavy (non-hydrogen) atoms. The summed E-state index contributed by atoms with van der Waals surface area (Å²) in [5, 5.41) is 3.12. The molecule has 1 saturated heterocycles. The van der Waals surface area contributed by atoms with Gasteiger partial charge in [0, 0.05) is 32.2 Å². The number of carbonyl (C=O) groups excluding carboxylic acids is 1. The van der Waals surface area contributed by atoms with E-state index in [1.807, 2.05) is 47.5 Å². The zero-order valence-electron chi connectivity index (χ0n) is 16.1. The van der Waals surface area contributed by atoms with Crippen molar-refractivity contribution in [1.29, 1.82) is 0 Å². The lowest BCUT2D eigenvalue weighted by atomic mass is 9.94. The van der Waals surface area contributed by atoms with E-state index in [1.54, 1.807) is 17.7 Å². The van der Waals surface area contributed by atoms with Gasteiger partial charge in [-0.25, -0.2) is 9.97 Å². The molecule has 2 N–H and O–H groups in total. The quantitative estimate of drug-likeness (QED) is 0.653. The van der Waals surface area contributed by atoms with Gasteiger partial charge in [-0.1, -0.05) is 37.3 Å². The Balaban J connectivity index is 0.00000150. The summed E-state index contributed by atoms with van der Waals surface area (Å²) in [6.07, 6.45) is 1.62. The first-order chi connectivity index (χ1) is 13.1. The number of aromatic nitrogens is 2. The van der Waals surface area contributed by atoms with E-state index in [1.165, 1.54) is 0 Å². The van der Waals surface area contributed by atoms with Crippen LogP contribution in [0.5, 0.6) is 0 Å². The number of nitrogens with zero attached hydrogens (tertiary/aromatic N) is 4. The molecule has 3 aromatic rings. The Morgan fingerprint density at radius 1 is 1.07 bits per heavy atom. The molecule has 1 aliphatic rings. The number of anilines is 1. The molecule has 0 saturated carbocycles. The average Bonchev–Trinajstić information content (AvgIpc) is 3.22. The normalized spacial score (nSPS) is 15.9. The molecule has 0 aliphatic carbocycles. The van der Waals surface area contributed by atoms with Crippen LogP contribution < -0.4 is 10.6 Å². The Kier molecular flexibility index (Phi) is 8.22. The molecule has 4 rings (SSSR count). The molecular formula is C20H25Cl2N5OS. The molecule has 1 fully saturated rings. The second kappa shape index (κ2) is 10.2. The number of rotatable bonds is 4. The van der Waals surface area contributed by atoms with E-state index in [0.717, 1.165) is 34.7 Å². The predicted octanol–water partition coefficient (Wildman–Crippen LogP) is 3.52. The van der Waals surface area contributed by atoms with Crippen molar-refractivity contribution in [3.8, 4) is 0 Å². The molecule has 0 radical (unpaired) electrons. The minimum absolute atomic E-state index is 0. The van der Waals surface area contributed by atoms with E-state index in [-0.39, 0.29) is 42.7 Å². The highest BCUT2D eigenvalue weighted by Gasteiger charge is 2.29. The highest BCUT2D eigenvalue weighted by molar-refractivity contribution is 7.16. The Hall–Kier alpha value is -1.93. The number of hydrogen-bond donors (Lipinski definition) is 1. The number of benzene rings is 1. The molecule has 2 unspecified atom stereocenters. The van der Waals surface area contributed by atoms with E-state index >= 15 is 0 Å².